The van der Waals surface area contributed by atoms with Crippen LogP contribution < -0.4 is 10.6 Å². The van der Waals surface area contributed by atoms with Crippen LogP contribution in [0.15, 0.2) is 16.5 Å². The number of piperazine rings is 1. The van der Waals surface area contributed by atoms with E-state index in [-0.39, 0.29) is 17.0 Å². The number of fused-ring (bicyclic) bond motifs is 1. The van der Waals surface area contributed by atoms with E-state index in [1.807, 2.05) is 0 Å². The highest BCUT2D eigenvalue weighted by Crippen LogP contribution is 2.26. The summed E-state index contributed by atoms with van der Waals surface area (Å²) in [6, 6.07) is 2.04. The summed E-state index contributed by atoms with van der Waals surface area (Å²) in [4.78, 5) is 15.8. The molecule has 0 radical (unpaired) electrons. The van der Waals surface area contributed by atoms with Crippen LogP contribution in [0.2, 0.25) is 5.02 Å². The summed E-state index contributed by atoms with van der Waals surface area (Å²) in [7, 11) is 0. The summed E-state index contributed by atoms with van der Waals surface area (Å²) in [5, 5.41) is 5.99. The average Bonchev–Trinajstić information content (AvgIpc) is 2.75. The molecule has 1 fully saturated rings. The molecule has 1 unspecified atom stereocenters. The van der Waals surface area contributed by atoms with Gasteiger partial charge in [-0.15, -0.1) is 0 Å². The number of carbonyl (C=O) groups excluding carboxylic acids is 1. The minimum Gasteiger partial charge on any atom is -0.439 e. The third-order valence-corrected chi connectivity index (χ3v) is 3.24. The van der Waals surface area contributed by atoms with Gasteiger partial charge in [0, 0.05) is 25.6 Å². The van der Waals surface area contributed by atoms with Crippen molar-refractivity contribution in [1.82, 2.24) is 15.6 Å². The zero-order valence-electron chi connectivity index (χ0n) is 9.87. The van der Waals surface area contributed by atoms with Crippen LogP contribution in [-0.2, 0) is 11.2 Å². The van der Waals surface area contributed by atoms with Gasteiger partial charge in [-0.05, 0) is 6.07 Å². The van der Waals surface area contributed by atoms with E-state index >= 15 is 0 Å². The van der Waals surface area contributed by atoms with Crippen LogP contribution in [0, 0.1) is 5.82 Å². The Morgan fingerprint density at radius 1 is 1.47 bits per heavy atom. The van der Waals surface area contributed by atoms with E-state index in [0.717, 1.165) is 0 Å². The molecule has 2 N–H and O–H groups in total. The second-order valence-electron chi connectivity index (χ2n) is 4.35. The number of hydrogen-bond acceptors (Lipinski definition) is 4. The summed E-state index contributed by atoms with van der Waals surface area (Å²) in [6.45, 7) is 1.31. The number of carbonyl (C=O) groups is 1. The molecular formula is C12H11ClFN3O2. The zero-order valence-corrected chi connectivity index (χ0v) is 10.6. The molecule has 0 spiro atoms. The summed E-state index contributed by atoms with van der Waals surface area (Å²) >= 11 is 5.88. The van der Waals surface area contributed by atoms with Crippen molar-refractivity contribution in [3.8, 4) is 0 Å². The number of nitrogens with zero attached hydrogens (tertiary/aromatic N) is 1. The van der Waals surface area contributed by atoms with Crippen LogP contribution in [0.1, 0.15) is 5.89 Å². The number of nitrogens with one attached hydrogen (secondary N) is 2. The van der Waals surface area contributed by atoms with Crippen molar-refractivity contribution >= 4 is 28.6 Å². The number of benzene rings is 1. The molecule has 7 heteroatoms. The molecule has 100 valence electrons. The molecule has 3 rings (SSSR count). The number of halogens is 2. The highest BCUT2D eigenvalue weighted by atomic mass is 35.5. The minimum absolute atomic E-state index is 0.0919. The lowest BCUT2D eigenvalue weighted by molar-refractivity contribution is -0.124. The fourth-order valence-corrected chi connectivity index (χ4v) is 2.32. The summed E-state index contributed by atoms with van der Waals surface area (Å²) in [6.07, 6.45) is 0.304. The Morgan fingerprint density at radius 3 is 3.11 bits per heavy atom. The number of hydrogen-bond donors (Lipinski definition) is 2. The molecule has 19 heavy (non-hydrogen) atoms. The standard InChI is InChI=1S/C12H11ClFN3O2/c13-7-3-6(14)4-8-11(7)19-10(17-8)5-9-12(18)16-2-1-15-9/h3-4,9,15H,1-2,5H2,(H,16,18). The molecular weight excluding hydrogens is 273 g/mol. The lowest BCUT2D eigenvalue weighted by Gasteiger charge is -2.22. The molecule has 1 amide bonds. The largest absolute Gasteiger partial charge is 0.439 e. The number of oxazole rings is 1. The van der Waals surface area contributed by atoms with E-state index in [2.05, 4.69) is 15.6 Å². The Morgan fingerprint density at radius 2 is 2.32 bits per heavy atom. The van der Waals surface area contributed by atoms with E-state index in [1.165, 1.54) is 12.1 Å². The summed E-state index contributed by atoms with van der Waals surface area (Å²) < 4.78 is 18.7. The fourth-order valence-electron chi connectivity index (χ4n) is 2.08. The number of amides is 1. The Bertz CT molecular complexity index is 643. The normalized spacial score (nSPS) is 19.7. The minimum atomic E-state index is -0.467. The monoisotopic (exact) mass is 283 g/mol. The Kier molecular flexibility index (Phi) is 3.12. The lowest BCUT2D eigenvalue weighted by atomic mass is 10.1. The highest BCUT2D eigenvalue weighted by Gasteiger charge is 2.24. The molecule has 2 aromatic rings. The molecule has 1 atom stereocenters. The first-order valence-corrected chi connectivity index (χ1v) is 6.27. The fraction of sp³-hybridized carbons (Fsp3) is 0.333. The predicted octanol–water partition coefficient (Wildman–Crippen LogP) is 1.25. The number of aromatic nitrogens is 1. The van der Waals surface area contributed by atoms with E-state index in [9.17, 15) is 9.18 Å². The zero-order chi connectivity index (χ0) is 13.4. The van der Waals surface area contributed by atoms with Gasteiger partial charge in [0.05, 0.1) is 11.1 Å². The second kappa shape index (κ2) is 4.79. The van der Waals surface area contributed by atoms with Gasteiger partial charge in [-0.1, -0.05) is 11.6 Å². The van der Waals surface area contributed by atoms with Gasteiger partial charge in [-0.2, -0.15) is 0 Å². The van der Waals surface area contributed by atoms with Crippen molar-refractivity contribution in [2.24, 2.45) is 0 Å². The van der Waals surface area contributed by atoms with Gasteiger partial charge in [0.2, 0.25) is 5.91 Å². The molecule has 0 aliphatic carbocycles. The first kappa shape index (κ1) is 12.4. The Labute approximate surface area is 113 Å². The SMILES string of the molecule is O=C1NCCNC1Cc1nc2cc(F)cc(Cl)c2o1. The van der Waals surface area contributed by atoms with Gasteiger partial charge < -0.3 is 15.1 Å². The molecule has 1 aromatic carbocycles. The van der Waals surface area contributed by atoms with E-state index < -0.39 is 5.82 Å². The first-order chi connectivity index (χ1) is 9.13. The maximum absolute atomic E-state index is 13.2. The van der Waals surface area contributed by atoms with E-state index in [0.29, 0.717) is 36.5 Å². The molecule has 0 saturated carbocycles. The highest BCUT2D eigenvalue weighted by molar-refractivity contribution is 6.34. The van der Waals surface area contributed by atoms with Crippen molar-refractivity contribution in [2.75, 3.05) is 13.1 Å². The van der Waals surface area contributed by atoms with Crippen LogP contribution in [0.4, 0.5) is 4.39 Å². The smallest absolute Gasteiger partial charge is 0.237 e. The van der Waals surface area contributed by atoms with E-state index in [4.69, 9.17) is 16.0 Å². The van der Waals surface area contributed by atoms with Gasteiger partial charge in [0.15, 0.2) is 11.5 Å². The third-order valence-electron chi connectivity index (χ3n) is 2.96. The van der Waals surface area contributed by atoms with Gasteiger partial charge in [0.1, 0.15) is 11.3 Å². The summed E-state index contributed by atoms with van der Waals surface area (Å²) in [5.74, 6) is -0.200. The van der Waals surface area contributed by atoms with Crippen LogP contribution in [0.3, 0.4) is 0 Å². The van der Waals surface area contributed by atoms with Crippen molar-refractivity contribution in [2.45, 2.75) is 12.5 Å². The molecule has 5 nitrogen and oxygen atoms in total. The van der Waals surface area contributed by atoms with Gasteiger partial charge in [-0.3, -0.25) is 4.79 Å². The number of rotatable bonds is 2. The van der Waals surface area contributed by atoms with Crippen molar-refractivity contribution in [3.63, 3.8) is 0 Å². The molecule has 1 aliphatic rings. The van der Waals surface area contributed by atoms with Crippen molar-refractivity contribution < 1.29 is 13.6 Å². The van der Waals surface area contributed by atoms with Crippen LogP contribution >= 0.6 is 11.6 Å². The maximum Gasteiger partial charge on any atom is 0.237 e. The summed E-state index contributed by atoms with van der Waals surface area (Å²) in [5.41, 5.74) is 0.700. The van der Waals surface area contributed by atoms with Crippen LogP contribution in [-0.4, -0.2) is 30.0 Å². The lowest BCUT2D eigenvalue weighted by Crippen LogP contribution is -2.53. The topological polar surface area (TPSA) is 67.2 Å². The predicted molar refractivity (Wildman–Crippen MR) is 67.5 cm³/mol. The quantitative estimate of drug-likeness (QED) is 0.870. The van der Waals surface area contributed by atoms with Crippen LogP contribution in [0.25, 0.3) is 11.1 Å². The molecule has 1 saturated heterocycles. The molecule has 2 heterocycles. The van der Waals surface area contributed by atoms with E-state index in [1.54, 1.807) is 0 Å². The molecule has 1 aromatic heterocycles. The Balaban J connectivity index is 1.89. The second-order valence-corrected chi connectivity index (χ2v) is 4.75. The maximum atomic E-state index is 13.2. The van der Waals surface area contributed by atoms with Crippen molar-refractivity contribution in [3.05, 3.63) is 28.9 Å². The van der Waals surface area contributed by atoms with Gasteiger partial charge >= 0.3 is 0 Å². The third kappa shape index (κ3) is 2.41. The Hall–Kier alpha value is -1.66. The van der Waals surface area contributed by atoms with Gasteiger partial charge in [-0.25, -0.2) is 9.37 Å². The molecule has 1 aliphatic heterocycles. The van der Waals surface area contributed by atoms with Crippen LogP contribution in [0.5, 0.6) is 0 Å². The first-order valence-electron chi connectivity index (χ1n) is 5.89. The molecule has 0 bridgehead atoms. The average molecular weight is 284 g/mol. The van der Waals surface area contributed by atoms with Crippen molar-refractivity contribution in [1.29, 1.82) is 0 Å². The van der Waals surface area contributed by atoms with Gasteiger partial charge in [0.25, 0.3) is 0 Å².